The molecule has 1 heterocycles. The second-order valence-corrected chi connectivity index (χ2v) is 7.99. The Hall–Kier alpha value is -2.54. The van der Waals surface area contributed by atoms with Crippen LogP contribution in [0.2, 0.25) is 0 Å². The average Bonchev–Trinajstić information content (AvgIpc) is 2.98. The molecule has 2 N–H and O–H groups in total. The molecule has 0 aliphatic heterocycles. The van der Waals surface area contributed by atoms with E-state index in [-0.39, 0.29) is 0 Å². The molecule has 1 aliphatic carbocycles. The smallest absolute Gasteiger partial charge is 0.142 e. The first-order valence-corrected chi connectivity index (χ1v) is 11.2. The van der Waals surface area contributed by atoms with Gasteiger partial charge in [0.1, 0.15) is 23.2 Å². The summed E-state index contributed by atoms with van der Waals surface area (Å²) in [6, 6.07) is 10.4. The van der Waals surface area contributed by atoms with Crippen LogP contribution in [-0.2, 0) is 12.8 Å². The number of hydrogen-bond donors (Lipinski definition) is 1. The van der Waals surface area contributed by atoms with Crippen LogP contribution >= 0.6 is 0 Å². The largest absolute Gasteiger partial charge is 0.494 e. The lowest BCUT2D eigenvalue weighted by Gasteiger charge is -2.16. The van der Waals surface area contributed by atoms with Gasteiger partial charge in [-0.05, 0) is 55.4 Å². The molecule has 4 heteroatoms. The molecule has 0 spiro atoms. The second kappa shape index (κ2) is 10.9. The molecule has 0 saturated heterocycles. The van der Waals surface area contributed by atoms with Crippen molar-refractivity contribution in [2.24, 2.45) is 0 Å². The third kappa shape index (κ3) is 5.50. The predicted molar refractivity (Wildman–Crippen MR) is 119 cm³/mol. The number of pyridine rings is 1. The van der Waals surface area contributed by atoms with Crippen LogP contribution in [0.3, 0.4) is 0 Å². The standard InChI is InChI=1S/C25H33N3O/c1-2-3-4-5-6-10-17-29-20-15-13-19(14-16-20)24-21-11-8-7-9-12-23(21)28-25(27)22(24)18-26/h13-16H,2-12,17H2,1H3,(H2,27,28). The number of aromatic nitrogens is 1. The van der Waals surface area contributed by atoms with Crippen molar-refractivity contribution in [3.05, 3.63) is 41.1 Å². The van der Waals surface area contributed by atoms with E-state index in [0.717, 1.165) is 61.3 Å². The monoisotopic (exact) mass is 391 g/mol. The first-order chi connectivity index (χ1) is 14.2. The van der Waals surface area contributed by atoms with E-state index < -0.39 is 0 Å². The molecule has 0 fully saturated rings. The summed E-state index contributed by atoms with van der Waals surface area (Å²) in [6.07, 6.45) is 12.9. The lowest BCUT2D eigenvalue weighted by Crippen LogP contribution is -2.07. The number of nitrogen functional groups attached to an aromatic ring is 1. The molecule has 0 radical (unpaired) electrons. The average molecular weight is 392 g/mol. The van der Waals surface area contributed by atoms with E-state index in [9.17, 15) is 5.26 Å². The molecule has 29 heavy (non-hydrogen) atoms. The zero-order valence-corrected chi connectivity index (χ0v) is 17.7. The molecule has 0 unspecified atom stereocenters. The molecule has 0 amide bonds. The normalized spacial score (nSPS) is 13.4. The summed E-state index contributed by atoms with van der Waals surface area (Å²) in [7, 11) is 0. The van der Waals surface area contributed by atoms with E-state index in [1.54, 1.807) is 0 Å². The Bertz CT molecular complexity index is 837. The van der Waals surface area contributed by atoms with Gasteiger partial charge in [0, 0.05) is 11.3 Å². The van der Waals surface area contributed by atoms with Gasteiger partial charge in [0.15, 0.2) is 0 Å². The maximum absolute atomic E-state index is 9.71. The Morgan fingerprint density at radius 3 is 2.48 bits per heavy atom. The van der Waals surface area contributed by atoms with Crippen molar-refractivity contribution in [2.45, 2.75) is 77.6 Å². The lowest BCUT2D eigenvalue weighted by atomic mass is 9.92. The molecule has 0 saturated carbocycles. The molecule has 1 aromatic carbocycles. The van der Waals surface area contributed by atoms with Gasteiger partial charge in [0.05, 0.1) is 6.61 Å². The summed E-state index contributed by atoms with van der Waals surface area (Å²) in [6.45, 7) is 3.00. The van der Waals surface area contributed by atoms with Gasteiger partial charge in [-0.1, -0.05) is 57.6 Å². The number of nitrogens with two attached hydrogens (primary N) is 1. The Morgan fingerprint density at radius 1 is 1.00 bits per heavy atom. The molecule has 3 rings (SSSR count). The Labute approximate surface area is 175 Å². The number of unbranched alkanes of at least 4 members (excludes halogenated alkanes) is 5. The molecule has 0 bridgehead atoms. The summed E-state index contributed by atoms with van der Waals surface area (Å²) in [4.78, 5) is 4.56. The van der Waals surface area contributed by atoms with Crippen molar-refractivity contribution in [2.75, 3.05) is 12.3 Å². The Kier molecular flexibility index (Phi) is 7.93. The maximum atomic E-state index is 9.71. The topological polar surface area (TPSA) is 71.9 Å². The minimum atomic E-state index is 0.353. The van der Waals surface area contributed by atoms with Crippen molar-refractivity contribution < 1.29 is 4.74 Å². The fraction of sp³-hybridized carbons (Fsp3) is 0.520. The summed E-state index contributed by atoms with van der Waals surface area (Å²) in [5, 5.41) is 9.71. The van der Waals surface area contributed by atoms with E-state index in [1.807, 2.05) is 12.1 Å². The number of ether oxygens (including phenoxy) is 1. The predicted octanol–water partition coefficient (Wildman–Crippen LogP) is 6.21. The first kappa shape index (κ1) is 21.2. The molecule has 1 aromatic heterocycles. The SMILES string of the molecule is CCCCCCCCOc1ccc(-c2c(C#N)c(N)nc3c2CCCCC3)cc1. The lowest BCUT2D eigenvalue weighted by molar-refractivity contribution is 0.304. The van der Waals surface area contributed by atoms with E-state index in [1.165, 1.54) is 44.1 Å². The molecule has 154 valence electrons. The highest BCUT2D eigenvalue weighted by atomic mass is 16.5. The van der Waals surface area contributed by atoms with Gasteiger partial charge in [-0.25, -0.2) is 4.98 Å². The number of anilines is 1. The van der Waals surface area contributed by atoms with E-state index >= 15 is 0 Å². The van der Waals surface area contributed by atoms with Crippen LogP contribution in [0.4, 0.5) is 5.82 Å². The zero-order valence-electron chi connectivity index (χ0n) is 17.7. The molecule has 0 atom stereocenters. The Balaban J connectivity index is 1.71. The van der Waals surface area contributed by atoms with Crippen molar-refractivity contribution >= 4 is 5.82 Å². The summed E-state index contributed by atoms with van der Waals surface area (Å²) >= 11 is 0. The number of fused-ring (bicyclic) bond motifs is 1. The van der Waals surface area contributed by atoms with Gasteiger partial charge in [-0.15, -0.1) is 0 Å². The molecule has 1 aliphatic rings. The number of hydrogen-bond acceptors (Lipinski definition) is 4. The zero-order chi connectivity index (χ0) is 20.5. The van der Waals surface area contributed by atoms with E-state index in [2.05, 4.69) is 30.1 Å². The second-order valence-electron chi connectivity index (χ2n) is 7.99. The number of benzene rings is 1. The number of nitrogens with zero attached hydrogens (tertiary/aromatic N) is 2. The minimum Gasteiger partial charge on any atom is -0.494 e. The van der Waals surface area contributed by atoms with Crippen LogP contribution in [0.15, 0.2) is 24.3 Å². The van der Waals surface area contributed by atoms with Gasteiger partial charge in [0.25, 0.3) is 0 Å². The summed E-state index contributed by atoms with van der Waals surface area (Å²) in [5.41, 5.74) is 10.9. The number of aryl methyl sites for hydroxylation is 1. The maximum Gasteiger partial charge on any atom is 0.142 e. The van der Waals surface area contributed by atoms with Crippen LogP contribution in [-0.4, -0.2) is 11.6 Å². The summed E-state index contributed by atoms with van der Waals surface area (Å²) < 4.78 is 5.91. The van der Waals surface area contributed by atoms with Crippen LogP contribution in [0.5, 0.6) is 5.75 Å². The number of nitriles is 1. The molecular formula is C25H33N3O. The fourth-order valence-corrected chi connectivity index (χ4v) is 4.16. The van der Waals surface area contributed by atoms with Crippen LogP contribution < -0.4 is 10.5 Å². The molecular weight excluding hydrogens is 358 g/mol. The van der Waals surface area contributed by atoms with Gasteiger partial charge >= 0.3 is 0 Å². The van der Waals surface area contributed by atoms with Gasteiger partial charge < -0.3 is 10.5 Å². The molecule has 2 aromatic rings. The number of rotatable bonds is 9. The summed E-state index contributed by atoms with van der Waals surface area (Å²) in [5.74, 6) is 1.24. The minimum absolute atomic E-state index is 0.353. The highest BCUT2D eigenvalue weighted by molar-refractivity contribution is 5.79. The van der Waals surface area contributed by atoms with Crippen LogP contribution in [0.1, 0.15) is 81.5 Å². The van der Waals surface area contributed by atoms with Crippen LogP contribution in [0, 0.1) is 11.3 Å². The first-order valence-electron chi connectivity index (χ1n) is 11.2. The van der Waals surface area contributed by atoms with Gasteiger partial charge in [-0.2, -0.15) is 5.26 Å². The van der Waals surface area contributed by atoms with Crippen LogP contribution in [0.25, 0.3) is 11.1 Å². The van der Waals surface area contributed by atoms with Crippen molar-refractivity contribution in [3.63, 3.8) is 0 Å². The molecule has 4 nitrogen and oxygen atoms in total. The fourth-order valence-electron chi connectivity index (χ4n) is 4.16. The van der Waals surface area contributed by atoms with Gasteiger partial charge in [0.2, 0.25) is 0 Å². The third-order valence-corrected chi connectivity index (χ3v) is 5.77. The van der Waals surface area contributed by atoms with Crippen molar-refractivity contribution in [1.29, 1.82) is 5.26 Å². The quantitative estimate of drug-likeness (QED) is 0.407. The highest BCUT2D eigenvalue weighted by Gasteiger charge is 2.21. The van der Waals surface area contributed by atoms with Crippen molar-refractivity contribution in [3.8, 4) is 22.9 Å². The Morgan fingerprint density at radius 2 is 1.72 bits per heavy atom. The van der Waals surface area contributed by atoms with E-state index in [4.69, 9.17) is 10.5 Å². The van der Waals surface area contributed by atoms with E-state index in [0.29, 0.717) is 11.4 Å². The van der Waals surface area contributed by atoms with Crippen molar-refractivity contribution in [1.82, 2.24) is 4.98 Å². The van der Waals surface area contributed by atoms with Gasteiger partial charge in [-0.3, -0.25) is 0 Å². The third-order valence-electron chi connectivity index (χ3n) is 5.77. The highest BCUT2D eigenvalue weighted by Crippen LogP contribution is 2.36.